The Kier molecular flexibility index (Phi) is 5.36. The number of rotatable bonds is 5. The largest absolute Gasteiger partial charge is 0.409 e. The summed E-state index contributed by atoms with van der Waals surface area (Å²) in [5.74, 6) is -0.0366. The van der Waals surface area contributed by atoms with E-state index < -0.39 is 16.3 Å². The summed E-state index contributed by atoms with van der Waals surface area (Å²) in [4.78, 5) is 0. The van der Waals surface area contributed by atoms with Crippen LogP contribution < -0.4 is 5.73 Å². The average Bonchev–Trinajstić information content (AvgIpc) is 2.39. The fourth-order valence-corrected chi connectivity index (χ4v) is 4.09. The van der Waals surface area contributed by atoms with E-state index in [0.29, 0.717) is 26.1 Å². The minimum Gasteiger partial charge on any atom is -0.409 e. The molecule has 0 aliphatic carbocycles. The van der Waals surface area contributed by atoms with Gasteiger partial charge in [-0.05, 0) is 12.8 Å². The molecule has 8 heteroatoms. The van der Waals surface area contributed by atoms with Crippen molar-refractivity contribution in [2.45, 2.75) is 39.2 Å². The van der Waals surface area contributed by atoms with E-state index in [4.69, 9.17) is 10.9 Å². The molecular formula is C10H22N4O3S. The third kappa shape index (κ3) is 2.93. The molecule has 1 saturated heterocycles. The van der Waals surface area contributed by atoms with Gasteiger partial charge in [-0.2, -0.15) is 17.0 Å². The van der Waals surface area contributed by atoms with Crippen LogP contribution in [0.4, 0.5) is 0 Å². The van der Waals surface area contributed by atoms with E-state index in [9.17, 15) is 8.42 Å². The van der Waals surface area contributed by atoms with E-state index in [-0.39, 0.29) is 5.84 Å². The predicted octanol–water partition coefficient (Wildman–Crippen LogP) is 0.174. The van der Waals surface area contributed by atoms with E-state index in [1.165, 1.54) is 8.61 Å². The van der Waals surface area contributed by atoms with Crippen molar-refractivity contribution in [1.82, 2.24) is 8.61 Å². The molecule has 0 saturated carbocycles. The molecule has 0 aromatic carbocycles. The first-order valence-corrected chi connectivity index (χ1v) is 7.63. The highest BCUT2D eigenvalue weighted by Crippen LogP contribution is 2.22. The molecule has 18 heavy (non-hydrogen) atoms. The summed E-state index contributed by atoms with van der Waals surface area (Å²) in [6, 6.07) is -0.533. The van der Waals surface area contributed by atoms with Crippen molar-refractivity contribution in [1.29, 1.82) is 0 Å². The fourth-order valence-electron chi connectivity index (χ4n) is 2.24. The lowest BCUT2D eigenvalue weighted by Gasteiger charge is -2.36. The third-order valence-corrected chi connectivity index (χ3v) is 5.44. The van der Waals surface area contributed by atoms with E-state index in [0.717, 1.165) is 12.8 Å². The van der Waals surface area contributed by atoms with Crippen LogP contribution in [-0.2, 0) is 10.2 Å². The van der Waals surface area contributed by atoms with Crippen LogP contribution in [0.25, 0.3) is 0 Å². The van der Waals surface area contributed by atoms with E-state index in [2.05, 4.69) is 5.16 Å². The van der Waals surface area contributed by atoms with Gasteiger partial charge in [0.25, 0.3) is 10.2 Å². The molecule has 0 bridgehead atoms. The van der Waals surface area contributed by atoms with Gasteiger partial charge in [-0.25, -0.2) is 0 Å². The highest BCUT2D eigenvalue weighted by atomic mass is 32.2. The molecule has 1 atom stereocenters. The highest BCUT2D eigenvalue weighted by Gasteiger charge is 2.37. The molecule has 1 heterocycles. The van der Waals surface area contributed by atoms with E-state index in [1.54, 1.807) is 13.8 Å². The molecule has 1 rings (SSSR count). The molecule has 1 unspecified atom stereocenters. The number of oxime groups is 1. The van der Waals surface area contributed by atoms with Crippen molar-refractivity contribution in [2.24, 2.45) is 10.9 Å². The Hall–Kier alpha value is -0.860. The zero-order chi connectivity index (χ0) is 13.8. The monoisotopic (exact) mass is 278 g/mol. The van der Waals surface area contributed by atoms with Gasteiger partial charge in [0.05, 0.1) is 6.04 Å². The van der Waals surface area contributed by atoms with Gasteiger partial charge in [0.15, 0.2) is 5.84 Å². The zero-order valence-electron chi connectivity index (χ0n) is 10.9. The molecular weight excluding hydrogens is 256 g/mol. The second kappa shape index (κ2) is 6.35. The second-order valence-electron chi connectivity index (χ2n) is 4.24. The maximum Gasteiger partial charge on any atom is 0.282 e. The van der Waals surface area contributed by atoms with Crippen LogP contribution in [0, 0.1) is 0 Å². The van der Waals surface area contributed by atoms with E-state index in [1.807, 2.05) is 0 Å². The summed E-state index contributed by atoms with van der Waals surface area (Å²) >= 11 is 0. The van der Waals surface area contributed by atoms with Crippen LogP contribution in [0.1, 0.15) is 33.1 Å². The van der Waals surface area contributed by atoms with Gasteiger partial charge in [0, 0.05) is 19.6 Å². The summed E-state index contributed by atoms with van der Waals surface area (Å²) in [5, 5.41) is 11.7. The number of hydrogen-bond acceptors (Lipinski definition) is 4. The first kappa shape index (κ1) is 15.2. The first-order chi connectivity index (χ1) is 8.48. The molecule has 0 aromatic rings. The molecule has 0 amide bonds. The maximum atomic E-state index is 12.4. The quantitative estimate of drug-likeness (QED) is 0.324. The smallest absolute Gasteiger partial charge is 0.282 e. The first-order valence-electron chi connectivity index (χ1n) is 6.23. The normalized spacial score (nSPS) is 23.5. The standard InChI is InChI=1S/C10H22N4O3S/c1-3-13(4-2)18(16,17)14-8-6-5-7-9(14)10(11)12-15/h9,15H,3-8H2,1-2H3,(H2,11,12). The summed E-state index contributed by atoms with van der Waals surface area (Å²) < 4.78 is 27.6. The summed E-state index contributed by atoms with van der Waals surface area (Å²) in [7, 11) is -3.53. The molecule has 1 fully saturated rings. The molecule has 1 aliphatic heterocycles. The fraction of sp³-hybridized carbons (Fsp3) is 0.900. The number of amidine groups is 1. The van der Waals surface area contributed by atoms with Crippen molar-refractivity contribution >= 4 is 16.0 Å². The topological polar surface area (TPSA) is 99.2 Å². The summed E-state index contributed by atoms with van der Waals surface area (Å²) in [5.41, 5.74) is 5.59. The predicted molar refractivity (Wildman–Crippen MR) is 69.6 cm³/mol. The number of piperidine rings is 1. The second-order valence-corrected chi connectivity index (χ2v) is 6.12. The van der Waals surface area contributed by atoms with Gasteiger partial charge in [-0.15, -0.1) is 0 Å². The van der Waals surface area contributed by atoms with Crippen LogP contribution in [0.3, 0.4) is 0 Å². The van der Waals surface area contributed by atoms with Crippen LogP contribution in [0.2, 0.25) is 0 Å². The van der Waals surface area contributed by atoms with Crippen molar-refractivity contribution in [3.63, 3.8) is 0 Å². The van der Waals surface area contributed by atoms with Crippen LogP contribution in [-0.4, -0.2) is 53.7 Å². The highest BCUT2D eigenvalue weighted by molar-refractivity contribution is 7.86. The molecule has 106 valence electrons. The number of nitrogens with zero attached hydrogens (tertiary/aromatic N) is 3. The average molecular weight is 278 g/mol. The Bertz CT molecular complexity index is 392. The maximum absolute atomic E-state index is 12.4. The Morgan fingerprint density at radius 1 is 1.44 bits per heavy atom. The molecule has 0 spiro atoms. The van der Waals surface area contributed by atoms with Crippen molar-refractivity contribution in [3.05, 3.63) is 0 Å². The van der Waals surface area contributed by atoms with Crippen LogP contribution >= 0.6 is 0 Å². The lowest BCUT2D eigenvalue weighted by Crippen LogP contribution is -2.55. The van der Waals surface area contributed by atoms with Crippen LogP contribution in [0.5, 0.6) is 0 Å². The van der Waals surface area contributed by atoms with E-state index >= 15 is 0 Å². The van der Waals surface area contributed by atoms with Gasteiger partial charge in [-0.1, -0.05) is 25.4 Å². The van der Waals surface area contributed by atoms with Crippen molar-refractivity contribution in [3.8, 4) is 0 Å². The zero-order valence-corrected chi connectivity index (χ0v) is 11.7. The molecule has 7 nitrogen and oxygen atoms in total. The Morgan fingerprint density at radius 3 is 2.56 bits per heavy atom. The third-order valence-electron chi connectivity index (χ3n) is 3.24. The van der Waals surface area contributed by atoms with Crippen LogP contribution in [0.15, 0.2) is 5.16 Å². The van der Waals surface area contributed by atoms with Gasteiger partial charge in [0.1, 0.15) is 0 Å². The minimum absolute atomic E-state index is 0.0366. The number of nitrogens with two attached hydrogens (primary N) is 1. The van der Waals surface area contributed by atoms with Gasteiger partial charge < -0.3 is 10.9 Å². The van der Waals surface area contributed by atoms with Crippen molar-refractivity contribution < 1.29 is 13.6 Å². The lowest BCUT2D eigenvalue weighted by atomic mass is 10.0. The van der Waals surface area contributed by atoms with Gasteiger partial charge in [-0.3, -0.25) is 0 Å². The minimum atomic E-state index is -3.53. The Balaban J connectivity index is 3.03. The summed E-state index contributed by atoms with van der Waals surface area (Å²) in [6.07, 6.45) is 2.28. The number of hydrogen-bond donors (Lipinski definition) is 2. The molecule has 1 aliphatic rings. The van der Waals surface area contributed by atoms with Gasteiger partial charge >= 0.3 is 0 Å². The van der Waals surface area contributed by atoms with Gasteiger partial charge in [0.2, 0.25) is 0 Å². The lowest BCUT2D eigenvalue weighted by molar-refractivity contribution is 0.264. The SMILES string of the molecule is CCN(CC)S(=O)(=O)N1CCCCC1C(N)=NO. The molecule has 0 radical (unpaired) electrons. The Labute approximate surface area is 108 Å². The summed E-state index contributed by atoms with van der Waals surface area (Å²) in [6.45, 7) is 4.84. The molecule has 0 aromatic heterocycles. The Morgan fingerprint density at radius 2 is 2.06 bits per heavy atom. The molecule has 3 N–H and O–H groups in total. The van der Waals surface area contributed by atoms with Crippen molar-refractivity contribution in [2.75, 3.05) is 19.6 Å².